The van der Waals surface area contributed by atoms with E-state index < -0.39 is 5.97 Å². The van der Waals surface area contributed by atoms with Crippen LogP contribution in [0.3, 0.4) is 0 Å². The molecule has 1 aromatic carbocycles. The minimum absolute atomic E-state index is 0. The number of halogens is 1. The fourth-order valence-electron chi connectivity index (χ4n) is 3.69. The Morgan fingerprint density at radius 3 is 2.67 bits per heavy atom. The first-order chi connectivity index (χ1) is 11.1. The molecular formula is C18H20ClN3O2. The second-order valence-corrected chi connectivity index (χ2v) is 6.41. The number of carbonyl (C=O) groups excluding carboxylic acids is 1. The van der Waals surface area contributed by atoms with Crippen LogP contribution in [-0.4, -0.2) is 31.2 Å². The Labute approximate surface area is 147 Å². The molecule has 2 atom stereocenters. The number of esters is 1. The molecule has 1 aromatic heterocycles. The predicted molar refractivity (Wildman–Crippen MR) is 95.3 cm³/mol. The van der Waals surface area contributed by atoms with Crippen molar-refractivity contribution in [1.82, 2.24) is 10.3 Å². The number of pyridine rings is 1. The van der Waals surface area contributed by atoms with Gasteiger partial charge >= 0.3 is 5.97 Å². The number of aromatic nitrogens is 1. The van der Waals surface area contributed by atoms with Crippen LogP contribution in [0.4, 0.5) is 5.82 Å². The van der Waals surface area contributed by atoms with Gasteiger partial charge in [0.25, 0.3) is 0 Å². The number of hydrogen-bond acceptors (Lipinski definition) is 5. The zero-order valence-corrected chi connectivity index (χ0v) is 14.2. The predicted octanol–water partition coefficient (Wildman–Crippen LogP) is 2.40. The van der Waals surface area contributed by atoms with E-state index >= 15 is 0 Å². The number of benzene rings is 1. The van der Waals surface area contributed by atoms with E-state index in [1.807, 2.05) is 0 Å². The van der Waals surface area contributed by atoms with Crippen molar-refractivity contribution in [2.45, 2.75) is 11.8 Å². The quantitative estimate of drug-likeness (QED) is 0.835. The molecule has 3 N–H and O–H groups in total. The van der Waals surface area contributed by atoms with Crippen molar-refractivity contribution in [3.63, 3.8) is 0 Å². The highest BCUT2D eigenvalue weighted by atomic mass is 35.5. The molecule has 1 aliphatic carbocycles. The first-order valence-corrected chi connectivity index (χ1v) is 7.79. The highest BCUT2D eigenvalue weighted by Gasteiger charge is 2.57. The number of nitrogens with two attached hydrogens (primary N) is 1. The van der Waals surface area contributed by atoms with E-state index in [0.29, 0.717) is 11.0 Å². The van der Waals surface area contributed by atoms with Crippen LogP contribution in [0.15, 0.2) is 36.5 Å². The van der Waals surface area contributed by atoms with E-state index in [1.165, 1.54) is 19.1 Å². The van der Waals surface area contributed by atoms with Crippen LogP contribution in [0.1, 0.15) is 22.3 Å². The molecule has 0 bridgehead atoms. The van der Waals surface area contributed by atoms with Gasteiger partial charge in [0.15, 0.2) is 0 Å². The second kappa shape index (κ2) is 6.07. The molecule has 1 saturated heterocycles. The number of anilines is 1. The molecule has 0 radical (unpaired) electrons. The van der Waals surface area contributed by atoms with Gasteiger partial charge < -0.3 is 15.8 Å². The lowest BCUT2D eigenvalue weighted by Crippen LogP contribution is -2.19. The standard InChI is InChI=1S/C18H19N3O2.ClH/c1-23-17(22)15-6-12(8-21-16(15)19)11-2-4-13(5-3-11)18-7-14(18)9-20-10-18;/h2-6,8,14,20H,7,9-10H2,1H3,(H2,19,21);1H/t14-,18+;/m0./s1. The largest absolute Gasteiger partial charge is 0.465 e. The molecule has 2 aromatic rings. The van der Waals surface area contributed by atoms with E-state index in [2.05, 4.69) is 34.6 Å². The molecule has 0 amide bonds. The zero-order valence-electron chi connectivity index (χ0n) is 13.4. The normalized spacial score (nSPS) is 24.0. The molecule has 2 heterocycles. The van der Waals surface area contributed by atoms with Gasteiger partial charge in [0.05, 0.1) is 7.11 Å². The van der Waals surface area contributed by atoms with Gasteiger partial charge in [-0.25, -0.2) is 9.78 Å². The average Bonchev–Trinajstić information content (AvgIpc) is 3.16. The summed E-state index contributed by atoms with van der Waals surface area (Å²) in [5.74, 6) is 0.511. The minimum atomic E-state index is -0.467. The summed E-state index contributed by atoms with van der Waals surface area (Å²) in [5, 5.41) is 3.46. The van der Waals surface area contributed by atoms with Crippen molar-refractivity contribution in [2.24, 2.45) is 5.92 Å². The maximum atomic E-state index is 11.7. The molecular weight excluding hydrogens is 326 g/mol. The SMILES string of the molecule is COC(=O)c1cc(-c2ccc([C@@]34CNC[C@@H]3C4)cc2)cnc1N.Cl. The zero-order chi connectivity index (χ0) is 16.0. The van der Waals surface area contributed by atoms with Crippen molar-refractivity contribution in [3.05, 3.63) is 47.7 Å². The summed E-state index contributed by atoms with van der Waals surface area (Å²) in [6.07, 6.45) is 2.97. The monoisotopic (exact) mass is 345 g/mol. The van der Waals surface area contributed by atoms with Gasteiger partial charge in [-0.1, -0.05) is 24.3 Å². The van der Waals surface area contributed by atoms with E-state index in [0.717, 1.165) is 30.1 Å². The van der Waals surface area contributed by atoms with Crippen LogP contribution in [0.5, 0.6) is 0 Å². The number of piperidine rings is 1. The lowest BCUT2D eigenvalue weighted by atomic mass is 9.93. The van der Waals surface area contributed by atoms with Gasteiger partial charge in [0.2, 0.25) is 0 Å². The lowest BCUT2D eigenvalue weighted by Gasteiger charge is -2.13. The minimum Gasteiger partial charge on any atom is -0.465 e. The molecule has 1 saturated carbocycles. The van der Waals surface area contributed by atoms with Crippen molar-refractivity contribution in [1.29, 1.82) is 0 Å². The Balaban J connectivity index is 0.00000169. The number of carbonyl (C=O) groups is 1. The Morgan fingerprint density at radius 2 is 2.08 bits per heavy atom. The number of nitrogens with one attached hydrogen (secondary N) is 1. The number of nitrogens with zero attached hydrogens (tertiary/aromatic N) is 1. The average molecular weight is 346 g/mol. The highest BCUT2D eigenvalue weighted by Crippen LogP contribution is 2.56. The van der Waals surface area contributed by atoms with Crippen LogP contribution in [0.25, 0.3) is 11.1 Å². The third-order valence-corrected chi connectivity index (χ3v) is 5.18. The smallest absolute Gasteiger partial charge is 0.341 e. The fourth-order valence-corrected chi connectivity index (χ4v) is 3.69. The first-order valence-electron chi connectivity index (χ1n) is 7.79. The Hall–Kier alpha value is -2.11. The Bertz CT molecular complexity index is 778. The molecule has 2 aliphatic rings. The Morgan fingerprint density at radius 1 is 1.33 bits per heavy atom. The third-order valence-electron chi connectivity index (χ3n) is 5.18. The number of fused-ring (bicyclic) bond motifs is 1. The van der Waals surface area contributed by atoms with E-state index in [4.69, 9.17) is 10.5 Å². The summed E-state index contributed by atoms with van der Waals surface area (Å²) >= 11 is 0. The fraction of sp³-hybridized carbons (Fsp3) is 0.333. The van der Waals surface area contributed by atoms with Crippen LogP contribution in [0, 0.1) is 5.92 Å². The maximum absolute atomic E-state index is 11.7. The van der Waals surface area contributed by atoms with E-state index in [9.17, 15) is 4.79 Å². The van der Waals surface area contributed by atoms with Gasteiger partial charge in [0, 0.05) is 23.7 Å². The summed E-state index contributed by atoms with van der Waals surface area (Å²) in [6.45, 7) is 2.21. The lowest BCUT2D eigenvalue weighted by molar-refractivity contribution is 0.0601. The molecule has 0 unspecified atom stereocenters. The van der Waals surface area contributed by atoms with Crippen LogP contribution < -0.4 is 11.1 Å². The summed E-state index contributed by atoms with van der Waals surface area (Å²) in [7, 11) is 1.34. The first kappa shape index (κ1) is 16.7. The van der Waals surface area contributed by atoms with Crippen molar-refractivity contribution < 1.29 is 9.53 Å². The van der Waals surface area contributed by atoms with Crippen LogP contribution in [-0.2, 0) is 10.2 Å². The number of rotatable bonds is 3. The van der Waals surface area contributed by atoms with Crippen LogP contribution >= 0.6 is 12.4 Å². The van der Waals surface area contributed by atoms with Crippen molar-refractivity contribution in [2.75, 3.05) is 25.9 Å². The van der Waals surface area contributed by atoms with Crippen LogP contribution in [0.2, 0.25) is 0 Å². The number of methoxy groups -OCH3 is 1. The van der Waals surface area contributed by atoms with Crippen molar-refractivity contribution in [3.8, 4) is 11.1 Å². The molecule has 4 rings (SSSR count). The number of ether oxygens (including phenoxy) is 1. The molecule has 1 aliphatic heterocycles. The summed E-state index contributed by atoms with van der Waals surface area (Å²) in [5.41, 5.74) is 9.69. The van der Waals surface area contributed by atoms with Gasteiger partial charge in [-0.15, -0.1) is 12.4 Å². The van der Waals surface area contributed by atoms with Gasteiger partial charge in [-0.3, -0.25) is 0 Å². The van der Waals surface area contributed by atoms with E-state index in [1.54, 1.807) is 12.3 Å². The summed E-state index contributed by atoms with van der Waals surface area (Å²) in [4.78, 5) is 15.9. The number of hydrogen-bond donors (Lipinski definition) is 2. The second-order valence-electron chi connectivity index (χ2n) is 6.41. The van der Waals surface area contributed by atoms with Gasteiger partial charge in [-0.2, -0.15) is 0 Å². The van der Waals surface area contributed by atoms with Crippen molar-refractivity contribution >= 4 is 24.2 Å². The molecule has 0 spiro atoms. The summed E-state index contributed by atoms with van der Waals surface area (Å²) < 4.78 is 4.75. The Kier molecular flexibility index (Phi) is 4.24. The summed E-state index contributed by atoms with van der Waals surface area (Å²) in [6, 6.07) is 10.3. The molecule has 126 valence electrons. The maximum Gasteiger partial charge on any atom is 0.341 e. The number of nitrogen functional groups attached to an aromatic ring is 1. The molecule has 2 fully saturated rings. The topological polar surface area (TPSA) is 77.2 Å². The van der Waals surface area contributed by atoms with Gasteiger partial charge in [0.1, 0.15) is 11.4 Å². The molecule has 6 heteroatoms. The molecule has 5 nitrogen and oxygen atoms in total. The van der Waals surface area contributed by atoms with Gasteiger partial charge in [-0.05, 0) is 36.1 Å². The highest BCUT2D eigenvalue weighted by molar-refractivity contribution is 5.95. The van der Waals surface area contributed by atoms with E-state index in [-0.39, 0.29) is 18.2 Å². The third kappa shape index (κ3) is 2.54. The molecule has 24 heavy (non-hydrogen) atoms.